The van der Waals surface area contributed by atoms with Gasteiger partial charge in [0, 0.05) is 16.6 Å². The molecule has 0 unspecified atom stereocenters. The molecule has 1 aliphatic heterocycles. The Labute approximate surface area is 206 Å². The fourth-order valence-corrected chi connectivity index (χ4v) is 4.65. The first-order chi connectivity index (χ1) is 16.3. The van der Waals surface area contributed by atoms with Gasteiger partial charge in [0.1, 0.15) is 6.04 Å². The van der Waals surface area contributed by atoms with Crippen molar-refractivity contribution in [3.05, 3.63) is 76.3 Å². The first kappa shape index (κ1) is 23.9. The minimum atomic E-state index is -1.13. The van der Waals surface area contributed by atoms with Crippen molar-refractivity contribution in [1.82, 2.24) is 4.90 Å². The molecule has 0 bridgehead atoms. The van der Waals surface area contributed by atoms with Crippen molar-refractivity contribution in [2.45, 2.75) is 32.2 Å². The van der Waals surface area contributed by atoms with Gasteiger partial charge >= 0.3 is 5.97 Å². The van der Waals surface area contributed by atoms with E-state index in [2.05, 4.69) is 21.2 Å². The summed E-state index contributed by atoms with van der Waals surface area (Å²) >= 11 is 3.41. The Morgan fingerprint density at radius 2 is 1.71 bits per heavy atom. The van der Waals surface area contributed by atoms with Crippen LogP contribution in [0.15, 0.2) is 65.2 Å². The van der Waals surface area contributed by atoms with Gasteiger partial charge < -0.3 is 10.1 Å². The van der Waals surface area contributed by atoms with Crippen LogP contribution < -0.4 is 5.32 Å². The van der Waals surface area contributed by atoms with Crippen LogP contribution in [0.25, 0.3) is 0 Å². The highest BCUT2D eigenvalue weighted by atomic mass is 79.9. The van der Waals surface area contributed by atoms with Crippen LogP contribution in [0.1, 0.15) is 24.0 Å². The SMILES string of the molecule is Cc1cc(NC(=O)COC(=O)[C@H](Cc2ccccc2)N2C(=O)[C@H]3CC=CC[C@@H]3C2=O)ccc1Br. The van der Waals surface area contributed by atoms with Crippen molar-refractivity contribution in [3.63, 3.8) is 0 Å². The van der Waals surface area contributed by atoms with E-state index in [0.717, 1.165) is 20.5 Å². The Balaban J connectivity index is 1.48. The number of fused-ring (bicyclic) bond motifs is 1. The lowest BCUT2D eigenvalue weighted by molar-refractivity contribution is -0.159. The molecule has 34 heavy (non-hydrogen) atoms. The van der Waals surface area contributed by atoms with E-state index in [1.165, 1.54) is 0 Å². The van der Waals surface area contributed by atoms with Gasteiger partial charge in [0.05, 0.1) is 11.8 Å². The Kier molecular flexibility index (Phi) is 7.26. The van der Waals surface area contributed by atoms with Crippen molar-refractivity contribution < 1.29 is 23.9 Å². The van der Waals surface area contributed by atoms with E-state index in [-0.39, 0.29) is 18.2 Å². The number of likely N-dealkylation sites (tertiary alicyclic amines) is 1. The Bertz CT molecular complexity index is 1120. The predicted octanol–water partition coefficient (Wildman–Crippen LogP) is 3.80. The predicted molar refractivity (Wildman–Crippen MR) is 130 cm³/mol. The lowest BCUT2D eigenvalue weighted by Gasteiger charge is -2.25. The second-order valence-corrected chi connectivity index (χ2v) is 9.38. The van der Waals surface area contributed by atoms with Crippen LogP contribution in [0.5, 0.6) is 0 Å². The van der Waals surface area contributed by atoms with E-state index in [9.17, 15) is 19.2 Å². The van der Waals surface area contributed by atoms with E-state index >= 15 is 0 Å². The van der Waals surface area contributed by atoms with Crippen LogP contribution in [0.3, 0.4) is 0 Å². The average Bonchev–Trinajstić information content (AvgIpc) is 3.09. The van der Waals surface area contributed by atoms with E-state index < -0.39 is 36.4 Å². The van der Waals surface area contributed by atoms with Crippen LogP contribution in [-0.4, -0.2) is 41.2 Å². The molecular formula is C26H25BrN2O5. The number of halogens is 1. The van der Waals surface area contributed by atoms with Gasteiger partial charge in [-0.2, -0.15) is 0 Å². The summed E-state index contributed by atoms with van der Waals surface area (Å²) in [4.78, 5) is 52.8. The number of allylic oxidation sites excluding steroid dienone is 2. The molecule has 2 aromatic carbocycles. The Hall–Kier alpha value is -3.26. The number of anilines is 1. The second kappa shape index (κ2) is 10.3. The van der Waals surface area contributed by atoms with Crippen molar-refractivity contribution in [2.75, 3.05) is 11.9 Å². The highest BCUT2D eigenvalue weighted by Gasteiger charge is 2.51. The molecule has 1 aliphatic carbocycles. The highest BCUT2D eigenvalue weighted by Crippen LogP contribution is 2.36. The molecule has 3 amide bonds. The van der Waals surface area contributed by atoms with E-state index in [4.69, 9.17) is 4.74 Å². The van der Waals surface area contributed by atoms with Gasteiger partial charge in [-0.1, -0.05) is 58.4 Å². The number of ether oxygens (including phenoxy) is 1. The molecule has 0 spiro atoms. The third-order valence-electron chi connectivity index (χ3n) is 6.18. The quantitative estimate of drug-likeness (QED) is 0.337. The second-order valence-electron chi connectivity index (χ2n) is 8.53. The van der Waals surface area contributed by atoms with Crippen molar-refractivity contribution in [3.8, 4) is 0 Å². The molecule has 2 aromatic rings. The average molecular weight is 525 g/mol. The summed E-state index contributed by atoms with van der Waals surface area (Å²) in [7, 11) is 0. The highest BCUT2D eigenvalue weighted by molar-refractivity contribution is 9.10. The van der Waals surface area contributed by atoms with Gasteiger partial charge in [-0.15, -0.1) is 0 Å². The minimum absolute atomic E-state index is 0.123. The minimum Gasteiger partial charge on any atom is -0.454 e. The molecule has 2 aliphatic rings. The number of benzene rings is 2. The maximum atomic E-state index is 13.1. The zero-order valence-electron chi connectivity index (χ0n) is 18.7. The summed E-state index contributed by atoms with van der Waals surface area (Å²) < 4.78 is 6.22. The molecule has 1 N–H and O–H groups in total. The maximum absolute atomic E-state index is 13.1. The summed E-state index contributed by atoms with van der Waals surface area (Å²) in [5.41, 5.74) is 2.30. The van der Waals surface area contributed by atoms with Gasteiger partial charge in [0.25, 0.3) is 5.91 Å². The molecule has 3 atom stereocenters. The fourth-order valence-electron chi connectivity index (χ4n) is 4.40. The van der Waals surface area contributed by atoms with Crippen molar-refractivity contribution >= 4 is 45.3 Å². The molecule has 4 rings (SSSR count). The lowest BCUT2D eigenvalue weighted by Crippen LogP contribution is -2.48. The first-order valence-electron chi connectivity index (χ1n) is 11.1. The summed E-state index contributed by atoms with van der Waals surface area (Å²) in [5.74, 6) is -2.90. The number of aryl methyl sites for hydroxylation is 1. The molecule has 7 nitrogen and oxygen atoms in total. The zero-order valence-corrected chi connectivity index (χ0v) is 20.3. The molecule has 1 heterocycles. The zero-order chi connectivity index (χ0) is 24.2. The van der Waals surface area contributed by atoms with Gasteiger partial charge in [0.15, 0.2) is 6.61 Å². The molecule has 0 aromatic heterocycles. The third-order valence-corrected chi connectivity index (χ3v) is 7.07. The number of rotatable bonds is 7. The van der Waals surface area contributed by atoms with Gasteiger partial charge in [-0.25, -0.2) is 4.79 Å². The first-order valence-corrected chi connectivity index (χ1v) is 11.9. The van der Waals surface area contributed by atoms with E-state index in [0.29, 0.717) is 18.5 Å². The van der Waals surface area contributed by atoms with Crippen LogP contribution in [0.4, 0.5) is 5.69 Å². The van der Waals surface area contributed by atoms with Crippen molar-refractivity contribution in [1.29, 1.82) is 0 Å². The van der Waals surface area contributed by atoms with Crippen LogP contribution >= 0.6 is 15.9 Å². The molecular weight excluding hydrogens is 500 g/mol. The summed E-state index contributed by atoms with van der Waals surface area (Å²) in [5, 5.41) is 2.69. The number of amides is 3. The van der Waals surface area contributed by atoms with Gasteiger partial charge in [0.2, 0.25) is 11.8 Å². The molecule has 8 heteroatoms. The Morgan fingerprint density at radius 3 is 2.32 bits per heavy atom. The number of hydrogen-bond acceptors (Lipinski definition) is 5. The number of nitrogens with one attached hydrogen (secondary N) is 1. The number of carbonyl (C=O) groups is 4. The molecule has 1 fully saturated rings. The fraction of sp³-hybridized carbons (Fsp3) is 0.308. The lowest BCUT2D eigenvalue weighted by atomic mass is 9.85. The van der Waals surface area contributed by atoms with E-state index in [1.54, 1.807) is 12.1 Å². The van der Waals surface area contributed by atoms with Crippen molar-refractivity contribution in [2.24, 2.45) is 11.8 Å². The molecule has 0 radical (unpaired) electrons. The van der Waals surface area contributed by atoms with Gasteiger partial charge in [-0.3, -0.25) is 19.3 Å². The number of imide groups is 1. The molecule has 0 saturated carbocycles. The normalized spacial score (nSPS) is 20.1. The number of carbonyl (C=O) groups excluding carboxylic acids is 4. The van der Waals surface area contributed by atoms with Crippen LogP contribution in [0, 0.1) is 18.8 Å². The van der Waals surface area contributed by atoms with Gasteiger partial charge in [-0.05, 0) is 49.1 Å². The Morgan fingerprint density at radius 1 is 1.06 bits per heavy atom. The maximum Gasteiger partial charge on any atom is 0.330 e. The van der Waals surface area contributed by atoms with Crippen LogP contribution in [0.2, 0.25) is 0 Å². The summed E-state index contributed by atoms with van der Waals surface area (Å²) in [6.45, 7) is 1.37. The topological polar surface area (TPSA) is 92.8 Å². The molecule has 176 valence electrons. The number of nitrogens with zero attached hydrogens (tertiary/aromatic N) is 1. The third kappa shape index (κ3) is 5.12. The summed E-state index contributed by atoms with van der Waals surface area (Å²) in [6, 6.07) is 13.3. The monoisotopic (exact) mass is 524 g/mol. The number of hydrogen-bond donors (Lipinski definition) is 1. The molecule has 1 saturated heterocycles. The summed E-state index contributed by atoms with van der Waals surface area (Å²) in [6.07, 6.45) is 4.88. The van der Waals surface area contributed by atoms with E-state index in [1.807, 2.05) is 55.5 Å². The smallest absolute Gasteiger partial charge is 0.330 e. The van der Waals surface area contributed by atoms with Crippen LogP contribution in [-0.2, 0) is 30.3 Å². The standard InChI is InChI=1S/C26H25BrN2O5/c1-16-13-18(11-12-21(16)27)28-23(30)15-34-26(33)22(14-17-7-3-2-4-8-17)29-24(31)19-9-5-6-10-20(19)25(29)32/h2-8,11-13,19-20,22H,9-10,14-15H2,1H3,(H,28,30)/t19-,20-,22-/m0/s1. The largest absolute Gasteiger partial charge is 0.454 e. The number of esters is 1.